The van der Waals surface area contributed by atoms with Crippen molar-refractivity contribution in [2.45, 2.75) is 37.7 Å². The molecule has 0 aromatic heterocycles. The van der Waals surface area contributed by atoms with E-state index in [1.165, 1.54) is 11.1 Å². The Hall–Kier alpha value is -2.12. The van der Waals surface area contributed by atoms with Crippen LogP contribution < -0.4 is 4.74 Å². The van der Waals surface area contributed by atoms with Crippen LogP contribution in [0.25, 0.3) is 0 Å². The Kier molecular flexibility index (Phi) is 6.29. The van der Waals surface area contributed by atoms with Gasteiger partial charge in [-0.15, -0.1) is 0 Å². The molecule has 0 bridgehead atoms. The first-order chi connectivity index (χ1) is 14.6. The van der Waals surface area contributed by atoms with E-state index in [1.54, 1.807) is 19.1 Å². The van der Waals surface area contributed by atoms with E-state index in [2.05, 4.69) is 6.07 Å². The van der Waals surface area contributed by atoms with Gasteiger partial charge in [0.15, 0.2) is 0 Å². The van der Waals surface area contributed by atoms with Gasteiger partial charge in [-0.1, -0.05) is 12.1 Å². The summed E-state index contributed by atoms with van der Waals surface area (Å²) in [6.45, 7) is 3.57. The molecule has 0 N–H and O–H groups in total. The maximum atomic E-state index is 13.2. The predicted octanol–water partition coefficient (Wildman–Crippen LogP) is 1.97. The van der Waals surface area contributed by atoms with Crippen molar-refractivity contribution in [3.05, 3.63) is 29.3 Å². The fraction of sp³-hybridized carbons (Fsp3) is 0.652. The van der Waals surface area contributed by atoms with E-state index in [4.69, 9.17) is 14.2 Å². The van der Waals surface area contributed by atoms with Crippen molar-refractivity contribution < 1.29 is 23.8 Å². The molecule has 1 aromatic carbocycles. The molecule has 1 aromatic rings. The van der Waals surface area contributed by atoms with E-state index in [-0.39, 0.29) is 23.3 Å². The fourth-order valence-corrected chi connectivity index (χ4v) is 5.18. The number of amides is 2. The van der Waals surface area contributed by atoms with E-state index in [9.17, 15) is 9.59 Å². The predicted molar refractivity (Wildman–Crippen MR) is 111 cm³/mol. The second-order valence-corrected chi connectivity index (χ2v) is 8.48. The molecule has 3 aliphatic heterocycles. The van der Waals surface area contributed by atoms with Gasteiger partial charge in [-0.05, 0) is 37.3 Å². The Balaban J connectivity index is 1.43. The largest absolute Gasteiger partial charge is 0.496 e. The van der Waals surface area contributed by atoms with Crippen molar-refractivity contribution in [3.8, 4) is 5.75 Å². The number of hydrogen-bond donors (Lipinski definition) is 0. The minimum atomic E-state index is -0.371. The molecule has 7 nitrogen and oxygen atoms in total. The Bertz CT molecular complexity index is 774. The van der Waals surface area contributed by atoms with Crippen LogP contribution >= 0.6 is 0 Å². The molecule has 7 heteroatoms. The van der Waals surface area contributed by atoms with Gasteiger partial charge in [-0.25, -0.2) is 0 Å². The van der Waals surface area contributed by atoms with E-state index in [0.29, 0.717) is 52.2 Å². The normalized spacial score (nSPS) is 23.4. The van der Waals surface area contributed by atoms with Gasteiger partial charge in [0.1, 0.15) is 11.4 Å². The second kappa shape index (κ2) is 8.94. The van der Waals surface area contributed by atoms with E-state index in [1.807, 2.05) is 17.0 Å². The molecule has 0 aliphatic carbocycles. The highest BCUT2D eigenvalue weighted by Gasteiger charge is 2.44. The van der Waals surface area contributed by atoms with Crippen molar-refractivity contribution in [2.75, 3.05) is 53.6 Å². The molecular formula is C23H32N2O5. The standard InChI is InChI=1S/C23H32N2O5/c1-28-15-13-25-16-18(6-7-20(25)26)22(27)24-11-9-23(10-12-24)21-17(8-14-30-23)4-3-5-19(21)29-2/h3-5,18H,6-16H2,1-2H3. The number of hydrogen-bond acceptors (Lipinski definition) is 5. The van der Waals surface area contributed by atoms with Crippen molar-refractivity contribution >= 4 is 11.8 Å². The highest BCUT2D eigenvalue weighted by Crippen LogP contribution is 2.46. The maximum absolute atomic E-state index is 13.2. The lowest BCUT2D eigenvalue weighted by Gasteiger charge is -2.46. The number of ether oxygens (including phenoxy) is 3. The van der Waals surface area contributed by atoms with E-state index >= 15 is 0 Å². The summed E-state index contributed by atoms with van der Waals surface area (Å²) >= 11 is 0. The summed E-state index contributed by atoms with van der Waals surface area (Å²) in [4.78, 5) is 29.1. The fourth-order valence-electron chi connectivity index (χ4n) is 5.18. The first-order valence-corrected chi connectivity index (χ1v) is 10.9. The highest BCUT2D eigenvalue weighted by molar-refractivity contribution is 5.84. The molecule has 1 unspecified atom stereocenters. The maximum Gasteiger partial charge on any atom is 0.227 e. The zero-order chi connectivity index (χ0) is 21.1. The lowest BCUT2D eigenvalue weighted by atomic mass is 9.78. The quantitative estimate of drug-likeness (QED) is 0.734. The van der Waals surface area contributed by atoms with Gasteiger partial charge >= 0.3 is 0 Å². The Morgan fingerprint density at radius 1 is 1.23 bits per heavy atom. The number of carbonyl (C=O) groups is 2. The first-order valence-electron chi connectivity index (χ1n) is 10.9. The van der Waals surface area contributed by atoms with Crippen LogP contribution in [0.5, 0.6) is 5.75 Å². The molecule has 0 radical (unpaired) electrons. The number of carbonyl (C=O) groups excluding carboxylic acids is 2. The summed E-state index contributed by atoms with van der Waals surface area (Å²) in [5, 5.41) is 0. The molecule has 3 heterocycles. The summed E-state index contributed by atoms with van der Waals surface area (Å²) in [5.74, 6) is 1.04. The lowest BCUT2D eigenvalue weighted by molar-refractivity contribution is -0.149. The van der Waals surface area contributed by atoms with Crippen LogP contribution in [0.3, 0.4) is 0 Å². The number of fused-ring (bicyclic) bond motifs is 2. The van der Waals surface area contributed by atoms with Gasteiger partial charge in [-0.3, -0.25) is 9.59 Å². The van der Waals surface area contributed by atoms with Crippen LogP contribution in [-0.4, -0.2) is 75.2 Å². The molecule has 1 atom stereocenters. The molecule has 2 saturated heterocycles. The molecule has 2 fully saturated rings. The van der Waals surface area contributed by atoms with Gasteiger partial charge < -0.3 is 24.0 Å². The molecule has 4 rings (SSSR count). The molecule has 2 amide bonds. The Morgan fingerprint density at radius 2 is 2.03 bits per heavy atom. The van der Waals surface area contributed by atoms with E-state index < -0.39 is 0 Å². The van der Waals surface area contributed by atoms with Crippen LogP contribution in [0.1, 0.15) is 36.8 Å². The van der Waals surface area contributed by atoms with Gasteiger partial charge in [-0.2, -0.15) is 0 Å². The van der Waals surface area contributed by atoms with Crippen molar-refractivity contribution in [1.29, 1.82) is 0 Å². The topological polar surface area (TPSA) is 68.3 Å². The molecular weight excluding hydrogens is 384 g/mol. The number of benzene rings is 1. The minimum absolute atomic E-state index is 0.119. The molecule has 1 spiro atoms. The van der Waals surface area contributed by atoms with Gasteiger partial charge in [0.25, 0.3) is 0 Å². The summed E-state index contributed by atoms with van der Waals surface area (Å²) in [6, 6.07) is 6.20. The third kappa shape index (κ3) is 3.93. The highest BCUT2D eigenvalue weighted by atomic mass is 16.5. The van der Waals surface area contributed by atoms with Crippen molar-refractivity contribution in [2.24, 2.45) is 5.92 Å². The zero-order valence-corrected chi connectivity index (χ0v) is 18.0. The summed E-state index contributed by atoms with van der Waals surface area (Å²) < 4.78 is 17.1. The smallest absolute Gasteiger partial charge is 0.227 e. The minimum Gasteiger partial charge on any atom is -0.496 e. The van der Waals surface area contributed by atoms with Crippen LogP contribution in [0.4, 0.5) is 0 Å². The Labute approximate surface area is 178 Å². The SMILES string of the molecule is COCCN1CC(C(=O)N2CCC3(CC2)OCCc2cccc(OC)c23)CCC1=O. The Morgan fingerprint density at radius 3 is 2.77 bits per heavy atom. The summed E-state index contributed by atoms with van der Waals surface area (Å²) in [7, 11) is 3.33. The van der Waals surface area contributed by atoms with E-state index in [0.717, 1.165) is 25.0 Å². The van der Waals surface area contributed by atoms with Gasteiger partial charge in [0.2, 0.25) is 11.8 Å². The number of methoxy groups -OCH3 is 2. The summed E-state index contributed by atoms with van der Waals surface area (Å²) in [6.07, 6.45) is 3.50. The summed E-state index contributed by atoms with van der Waals surface area (Å²) in [5.41, 5.74) is 2.09. The average Bonchev–Trinajstić information content (AvgIpc) is 2.78. The lowest BCUT2D eigenvalue weighted by Crippen LogP contribution is -2.52. The van der Waals surface area contributed by atoms with Gasteiger partial charge in [0.05, 0.1) is 26.2 Å². The van der Waals surface area contributed by atoms with Gasteiger partial charge in [0, 0.05) is 45.3 Å². The van der Waals surface area contributed by atoms with Crippen molar-refractivity contribution in [3.63, 3.8) is 0 Å². The average molecular weight is 417 g/mol. The molecule has 0 saturated carbocycles. The first kappa shape index (κ1) is 21.1. The monoisotopic (exact) mass is 416 g/mol. The van der Waals surface area contributed by atoms with Crippen LogP contribution in [0.15, 0.2) is 18.2 Å². The third-order valence-corrected chi connectivity index (χ3v) is 6.84. The number of nitrogens with zero attached hydrogens (tertiary/aromatic N) is 2. The molecule has 3 aliphatic rings. The van der Waals surface area contributed by atoms with Crippen LogP contribution in [-0.2, 0) is 31.1 Å². The van der Waals surface area contributed by atoms with Crippen LogP contribution in [0, 0.1) is 5.92 Å². The zero-order valence-electron chi connectivity index (χ0n) is 18.0. The van der Waals surface area contributed by atoms with Crippen LogP contribution in [0.2, 0.25) is 0 Å². The number of likely N-dealkylation sites (tertiary alicyclic amines) is 2. The second-order valence-electron chi connectivity index (χ2n) is 8.48. The molecule has 164 valence electrons. The molecule has 30 heavy (non-hydrogen) atoms. The third-order valence-electron chi connectivity index (χ3n) is 6.84. The number of piperidine rings is 2. The van der Waals surface area contributed by atoms with Crippen molar-refractivity contribution in [1.82, 2.24) is 9.80 Å². The number of rotatable bonds is 5.